The average Bonchev–Trinajstić information content (AvgIpc) is 3.34. The molecule has 1 aromatic heterocycles. The average molecular weight is 541 g/mol. The molecule has 0 unspecified atom stereocenters. The summed E-state index contributed by atoms with van der Waals surface area (Å²) in [6.07, 6.45) is -2.40. The van der Waals surface area contributed by atoms with Gasteiger partial charge in [-0.3, -0.25) is 9.36 Å². The fourth-order valence-electron chi connectivity index (χ4n) is 3.63. The Kier molecular flexibility index (Phi) is 9.06. The highest BCUT2D eigenvalue weighted by Gasteiger charge is 2.30. The lowest BCUT2D eigenvalue weighted by Crippen LogP contribution is -2.24. The van der Waals surface area contributed by atoms with E-state index in [0.29, 0.717) is 34.5 Å². The van der Waals surface area contributed by atoms with Gasteiger partial charge in [-0.25, -0.2) is 0 Å². The van der Waals surface area contributed by atoms with Gasteiger partial charge in [0.05, 0.1) is 18.7 Å². The molecule has 198 valence electrons. The summed E-state index contributed by atoms with van der Waals surface area (Å²) < 4.78 is 46.7. The van der Waals surface area contributed by atoms with Crippen molar-refractivity contribution in [2.24, 2.45) is 0 Å². The summed E-state index contributed by atoms with van der Waals surface area (Å²) in [4.78, 5) is 12.8. The molecule has 6 nitrogen and oxygen atoms in total. The van der Waals surface area contributed by atoms with Gasteiger partial charge in [-0.2, -0.15) is 13.2 Å². The molecule has 4 rings (SSSR count). The molecule has 0 bridgehead atoms. The van der Waals surface area contributed by atoms with Gasteiger partial charge in [0, 0.05) is 17.0 Å². The number of amides is 1. The SMILES string of the molecule is CCCCOc1ccc(C(=O)NCc2nnc(SCc3cccc(C(F)(F)F)c3)n2-c2ccccc2)cc1. The van der Waals surface area contributed by atoms with E-state index in [1.54, 1.807) is 34.9 Å². The van der Waals surface area contributed by atoms with Crippen LogP contribution in [-0.2, 0) is 18.5 Å². The Morgan fingerprint density at radius 1 is 1.00 bits per heavy atom. The van der Waals surface area contributed by atoms with E-state index >= 15 is 0 Å². The summed E-state index contributed by atoms with van der Waals surface area (Å²) >= 11 is 1.27. The van der Waals surface area contributed by atoms with Crippen LogP contribution in [0.4, 0.5) is 13.2 Å². The standard InChI is InChI=1S/C28H27F3N4O2S/c1-2-3-16-37-24-14-12-21(13-15-24)26(36)32-18-25-33-34-27(35(25)23-10-5-4-6-11-23)38-19-20-8-7-9-22(17-20)28(29,30)31/h4-15,17H,2-3,16,18-19H2,1H3,(H,32,36). The summed E-state index contributed by atoms with van der Waals surface area (Å²) in [6.45, 7) is 2.83. The molecule has 0 spiro atoms. The first-order valence-electron chi connectivity index (χ1n) is 12.1. The molecule has 0 atom stereocenters. The zero-order valence-corrected chi connectivity index (χ0v) is 21.6. The molecule has 0 radical (unpaired) electrons. The summed E-state index contributed by atoms with van der Waals surface area (Å²) in [5.41, 5.74) is 1.09. The Balaban J connectivity index is 1.47. The van der Waals surface area contributed by atoms with Crippen molar-refractivity contribution in [3.8, 4) is 11.4 Å². The molecule has 10 heteroatoms. The Bertz CT molecular complexity index is 1340. The van der Waals surface area contributed by atoms with Crippen molar-refractivity contribution in [1.29, 1.82) is 0 Å². The number of unbranched alkanes of at least 4 members (excludes halogenated alkanes) is 1. The third kappa shape index (κ3) is 7.16. The Morgan fingerprint density at radius 3 is 2.47 bits per heavy atom. The minimum atomic E-state index is -4.40. The molecular formula is C28H27F3N4O2S. The van der Waals surface area contributed by atoms with Crippen molar-refractivity contribution in [1.82, 2.24) is 20.1 Å². The number of nitrogens with zero attached hydrogens (tertiary/aromatic N) is 3. The van der Waals surface area contributed by atoms with E-state index < -0.39 is 11.7 Å². The molecule has 0 aliphatic heterocycles. The van der Waals surface area contributed by atoms with Gasteiger partial charge in [0.2, 0.25) is 0 Å². The zero-order chi connectivity index (χ0) is 27.0. The maximum absolute atomic E-state index is 13.1. The lowest BCUT2D eigenvalue weighted by atomic mass is 10.1. The molecule has 1 amide bonds. The van der Waals surface area contributed by atoms with E-state index in [9.17, 15) is 18.0 Å². The van der Waals surface area contributed by atoms with Gasteiger partial charge in [-0.15, -0.1) is 10.2 Å². The second-order valence-corrected chi connectivity index (χ2v) is 9.41. The number of para-hydroxylation sites is 1. The van der Waals surface area contributed by atoms with Gasteiger partial charge in [0.1, 0.15) is 5.75 Å². The number of hydrogen-bond acceptors (Lipinski definition) is 5. The molecule has 3 aromatic carbocycles. The molecule has 38 heavy (non-hydrogen) atoms. The Morgan fingerprint density at radius 2 is 1.76 bits per heavy atom. The number of halogens is 3. The number of nitrogens with one attached hydrogen (secondary N) is 1. The number of rotatable bonds is 11. The molecule has 1 heterocycles. The van der Waals surface area contributed by atoms with E-state index in [-0.39, 0.29) is 18.2 Å². The number of ether oxygens (including phenoxy) is 1. The first kappa shape index (κ1) is 27.3. The highest BCUT2D eigenvalue weighted by atomic mass is 32.2. The molecule has 1 N–H and O–H groups in total. The third-order valence-electron chi connectivity index (χ3n) is 5.63. The predicted molar refractivity (Wildman–Crippen MR) is 140 cm³/mol. The van der Waals surface area contributed by atoms with Crippen LogP contribution in [0.5, 0.6) is 5.75 Å². The topological polar surface area (TPSA) is 69.0 Å². The van der Waals surface area contributed by atoms with Crippen LogP contribution in [-0.4, -0.2) is 27.3 Å². The summed E-state index contributed by atoms with van der Waals surface area (Å²) in [5, 5.41) is 11.9. The number of benzene rings is 3. The molecule has 0 saturated carbocycles. The van der Waals surface area contributed by atoms with Crippen molar-refractivity contribution in [2.75, 3.05) is 6.61 Å². The van der Waals surface area contributed by atoms with Gasteiger partial charge >= 0.3 is 6.18 Å². The number of aromatic nitrogens is 3. The van der Waals surface area contributed by atoms with Crippen LogP contribution in [0, 0.1) is 0 Å². The fourth-order valence-corrected chi connectivity index (χ4v) is 4.54. The van der Waals surface area contributed by atoms with Crippen LogP contribution < -0.4 is 10.1 Å². The largest absolute Gasteiger partial charge is 0.494 e. The van der Waals surface area contributed by atoms with Crippen molar-refractivity contribution < 1.29 is 22.7 Å². The second-order valence-electron chi connectivity index (χ2n) is 8.47. The van der Waals surface area contributed by atoms with Crippen LogP contribution in [0.15, 0.2) is 84.0 Å². The van der Waals surface area contributed by atoms with E-state index in [1.165, 1.54) is 17.8 Å². The highest BCUT2D eigenvalue weighted by molar-refractivity contribution is 7.98. The summed E-state index contributed by atoms with van der Waals surface area (Å²) in [6, 6.07) is 21.5. The summed E-state index contributed by atoms with van der Waals surface area (Å²) in [5.74, 6) is 1.20. The Hall–Kier alpha value is -3.79. The second kappa shape index (κ2) is 12.6. The number of alkyl halides is 3. The van der Waals surface area contributed by atoms with Gasteiger partial charge < -0.3 is 10.1 Å². The summed E-state index contributed by atoms with van der Waals surface area (Å²) in [7, 11) is 0. The fraction of sp³-hybridized carbons (Fsp3) is 0.250. The minimum Gasteiger partial charge on any atom is -0.494 e. The Labute approximate surface area is 223 Å². The van der Waals surface area contributed by atoms with E-state index in [2.05, 4.69) is 22.4 Å². The lowest BCUT2D eigenvalue weighted by molar-refractivity contribution is -0.137. The normalized spacial score (nSPS) is 11.4. The molecule has 0 aliphatic rings. The molecule has 4 aromatic rings. The van der Waals surface area contributed by atoms with Crippen LogP contribution in [0.3, 0.4) is 0 Å². The van der Waals surface area contributed by atoms with Crippen LogP contribution >= 0.6 is 11.8 Å². The van der Waals surface area contributed by atoms with Crippen LogP contribution in [0.25, 0.3) is 5.69 Å². The number of carbonyl (C=O) groups excluding carboxylic acids is 1. The van der Waals surface area contributed by atoms with E-state index in [1.807, 2.05) is 30.3 Å². The van der Waals surface area contributed by atoms with Crippen molar-refractivity contribution in [3.05, 3.63) is 101 Å². The van der Waals surface area contributed by atoms with Crippen molar-refractivity contribution in [3.63, 3.8) is 0 Å². The predicted octanol–water partition coefficient (Wildman–Crippen LogP) is 6.69. The quantitative estimate of drug-likeness (QED) is 0.170. The molecule has 0 saturated heterocycles. The van der Waals surface area contributed by atoms with E-state index in [0.717, 1.165) is 30.7 Å². The molecule has 0 aliphatic carbocycles. The van der Waals surface area contributed by atoms with Crippen LogP contribution in [0.1, 0.15) is 47.1 Å². The molecule has 0 fully saturated rings. The van der Waals surface area contributed by atoms with Gasteiger partial charge in [0.15, 0.2) is 11.0 Å². The first-order valence-corrected chi connectivity index (χ1v) is 13.1. The maximum atomic E-state index is 13.1. The van der Waals surface area contributed by atoms with E-state index in [4.69, 9.17) is 4.74 Å². The number of hydrogen-bond donors (Lipinski definition) is 1. The number of carbonyl (C=O) groups is 1. The first-order chi connectivity index (χ1) is 18.3. The third-order valence-corrected chi connectivity index (χ3v) is 6.63. The number of thioether (sulfide) groups is 1. The zero-order valence-electron chi connectivity index (χ0n) is 20.7. The maximum Gasteiger partial charge on any atom is 0.416 e. The molecular weight excluding hydrogens is 513 g/mol. The van der Waals surface area contributed by atoms with Gasteiger partial charge in [-0.1, -0.05) is 61.5 Å². The smallest absolute Gasteiger partial charge is 0.416 e. The minimum absolute atomic E-state index is 0.111. The van der Waals surface area contributed by atoms with Crippen molar-refractivity contribution in [2.45, 2.75) is 43.4 Å². The monoisotopic (exact) mass is 540 g/mol. The van der Waals surface area contributed by atoms with Crippen molar-refractivity contribution >= 4 is 17.7 Å². The van der Waals surface area contributed by atoms with Gasteiger partial charge in [0.25, 0.3) is 5.91 Å². The van der Waals surface area contributed by atoms with Crippen LogP contribution in [0.2, 0.25) is 0 Å². The van der Waals surface area contributed by atoms with Gasteiger partial charge in [-0.05, 0) is 54.4 Å². The highest BCUT2D eigenvalue weighted by Crippen LogP contribution is 2.31. The lowest BCUT2D eigenvalue weighted by Gasteiger charge is -2.12.